The summed E-state index contributed by atoms with van der Waals surface area (Å²) in [5.74, 6) is -1.75. The molecule has 1 aliphatic heterocycles. The molecule has 0 aromatic heterocycles. The summed E-state index contributed by atoms with van der Waals surface area (Å²) in [6, 6.07) is 0. The molecule has 24 heavy (non-hydrogen) atoms. The zero-order valence-corrected chi connectivity index (χ0v) is 14.6. The van der Waals surface area contributed by atoms with Gasteiger partial charge in [-0.2, -0.15) is 0 Å². The van der Waals surface area contributed by atoms with Crippen LogP contribution in [0.15, 0.2) is 0 Å². The van der Waals surface area contributed by atoms with Gasteiger partial charge in [0.2, 0.25) is 0 Å². The van der Waals surface area contributed by atoms with E-state index in [4.69, 9.17) is 23.7 Å². The van der Waals surface area contributed by atoms with E-state index < -0.39 is 42.5 Å². The van der Waals surface area contributed by atoms with Gasteiger partial charge >= 0.3 is 17.9 Å². The van der Waals surface area contributed by atoms with Crippen LogP contribution in [0, 0.1) is 0 Å². The number of hydrogen-bond donors (Lipinski definition) is 0. The maximum absolute atomic E-state index is 11.4. The van der Waals surface area contributed by atoms with Crippen molar-refractivity contribution in [2.24, 2.45) is 0 Å². The summed E-state index contributed by atoms with van der Waals surface area (Å²) in [6.07, 6.45) is -3.85. The molecule has 0 amide bonds. The van der Waals surface area contributed by atoms with Crippen LogP contribution in [0.4, 0.5) is 0 Å². The summed E-state index contributed by atoms with van der Waals surface area (Å²) in [7, 11) is 3.76. The lowest BCUT2D eigenvalue weighted by Gasteiger charge is -2.40. The van der Waals surface area contributed by atoms with E-state index in [1.807, 2.05) is 19.0 Å². The highest BCUT2D eigenvalue weighted by atomic mass is 16.7. The number of likely N-dealkylation sites (N-methyl/N-ethyl adjacent to an activating group) is 1. The first-order valence-corrected chi connectivity index (χ1v) is 7.60. The molecule has 9 heteroatoms. The molecule has 1 aliphatic rings. The van der Waals surface area contributed by atoms with Crippen molar-refractivity contribution in [3.8, 4) is 0 Å². The van der Waals surface area contributed by atoms with Crippen LogP contribution in [0.1, 0.15) is 20.8 Å². The molecule has 4 atom stereocenters. The largest absolute Gasteiger partial charge is 0.456 e. The summed E-state index contributed by atoms with van der Waals surface area (Å²) in [5, 5.41) is 0. The predicted molar refractivity (Wildman–Crippen MR) is 80.9 cm³/mol. The number of hydrogen-bond acceptors (Lipinski definition) is 9. The third-order valence-corrected chi connectivity index (χ3v) is 3.13. The molecule has 0 saturated carbocycles. The molecule has 1 heterocycles. The van der Waals surface area contributed by atoms with E-state index in [2.05, 4.69) is 0 Å². The van der Waals surface area contributed by atoms with Crippen LogP contribution in [0.5, 0.6) is 0 Å². The van der Waals surface area contributed by atoms with Crippen molar-refractivity contribution in [1.82, 2.24) is 4.90 Å². The molecule has 0 N–H and O–H groups in total. The van der Waals surface area contributed by atoms with E-state index in [9.17, 15) is 14.4 Å². The zero-order chi connectivity index (χ0) is 18.3. The molecule has 0 aromatic carbocycles. The summed E-state index contributed by atoms with van der Waals surface area (Å²) in [6.45, 7) is 4.57. The van der Waals surface area contributed by atoms with Gasteiger partial charge in [0.25, 0.3) is 0 Å². The van der Waals surface area contributed by atoms with Gasteiger partial charge in [-0.05, 0) is 14.1 Å². The van der Waals surface area contributed by atoms with Crippen LogP contribution in [0.3, 0.4) is 0 Å². The third-order valence-electron chi connectivity index (χ3n) is 3.13. The average molecular weight is 347 g/mol. The molecule has 0 spiro atoms. The highest BCUT2D eigenvalue weighted by Gasteiger charge is 2.47. The van der Waals surface area contributed by atoms with Crippen LogP contribution < -0.4 is 0 Å². The van der Waals surface area contributed by atoms with Gasteiger partial charge in [0.05, 0.1) is 13.2 Å². The Kier molecular flexibility index (Phi) is 8.09. The van der Waals surface area contributed by atoms with E-state index in [0.717, 1.165) is 0 Å². The van der Waals surface area contributed by atoms with Crippen LogP contribution >= 0.6 is 0 Å². The van der Waals surface area contributed by atoms with Gasteiger partial charge in [-0.3, -0.25) is 14.4 Å². The lowest BCUT2D eigenvalue weighted by Crippen LogP contribution is -2.58. The Morgan fingerprint density at radius 2 is 1.50 bits per heavy atom. The minimum atomic E-state index is -1.04. The summed E-state index contributed by atoms with van der Waals surface area (Å²) in [5.41, 5.74) is 0. The van der Waals surface area contributed by atoms with Crippen molar-refractivity contribution >= 4 is 17.9 Å². The van der Waals surface area contributed by atoms with Gasteiger partial charge in [0, 0.05) is 27.3 Å². The highest BCUT2D eigenvalue weighted by Crippen LogP contribution is 2.25. The maximum Gasteiger partial charge on any atom is 0.303 e. The zero-order valence-electron chi connectivity index (χ0n) is 14.6. The van der Waals surface area contributed by atoms with E-state index >= 15 is 0 Å². The second kappa shape index (κ2) is 9.55. The molecule has 0 aromatic rings. The first-order chi connectivity index (χ1) is 11.2. The first kappa shape index (κ1) is 20.3. The average Bonchev–Trinajstić information content (AvgIpc) is 2.42. The molecule has 1 rings (SSSR count). The normalized spacial score (nSPS) is 26.8. The van der Waals surface area contributed by atoms with Crippen molar-refractivity contribution in [3.05, 3.63) is 0 Å². The molecule has 1 fully saturated rings. The molecule has 1 saturated heterocycles. The molecular weight excluding hydrogens is 322 g/mol. The van der Waals surface area contributed by atoms with E-state index in [-0.39, 0.29) is 6.61 Å². The Morgan fingerprint density at radius 1 is 0.958 bits per heavy atom. The second-order valence-electron chi connectivity index (χ2n) is 5.67. The number of nitrogens with zero attached hydrogens (tertiary/aromatic N) is 1. The fourth-order valence-corrected chi connectivity index (χ4v) is 2.20. The Hall–Kier alpha value is -1.71. The van der Waals surface area contributed by atoms with Gasteiger partial charge in [0.1, 0.15) is 0 Å². The van der Waals surface area contributed by atoms with Crippen molar-refractivity contribution in [2.75, 3.05) is 33.9 Å². The summed E-state index contributed by atoms with van der Waals surface area (Å²) < 4.78 is 26.7. The van der Waals surface area contributed by atoms with Crippen molar-refractivity contribution in [1.29, 1.82) is 0 Å². The molecule has 9 nitrogen and oxygen atoms in total. The Labute approximate surface area is 141 Å². The first-order valence-electron chi connectivity index (χ1n) is 7.60. The molecular formula is C15H25NO8. The summed E-state index contributed by atoms with van der Waals surface area (Å²) >= 11 is 0. The molecule has 0 unspecified atom stereocenters. The fourth-order valence-electron chi connectivity index (χ4n) is 2.20. The molecule has 0 aliphatic carbocycles. The van der Waals surface area contributed by atoms with Crippen molar-refractivity contribution < 1.29 is 38.1 Å². The molecule has 0 bridgehead atoms. The van der Waals surface area contributed by atoms with Crippen molar-refractivity contribution in [3.63, 3.8) is 0 Å². The fraction of sp³-hybridized carbons (Fsp3) is 0.800. The number of rotatable bonds is 7. The predicted octanol–water partition coefficient (Wildman–Crippen LogP) is -0.284. The van der Waals surface area contributed by atoms with Gasteiger partial charge in [-0.1, -0.05) is 0 Å². The quantitative estimate of drug-likeness (QED) is 0.454. The van der Waals surface area contributed by atoms with Gasteiger partial charge in [0.15, 0.2) is 24.6 Å². The maximum atomic E-state index is 11.4. The lowest BCUT2D eigenvalue weighted by molar-refractivity contribution is -0.281. The van der Waals surface area contributed by atoms with E-state index in [0.29, 0.717) is 13.2 Å². The third kappa shape index (κ3) is 6.81. The van der Waals surface area contributed by atoms with E-state index in [1.165, 1.54) is 20.8 Å². The molecule has 0 radical (unpaired) electrons. The van der Waals surface area contributed by atoms with E-state index in [1.54, 1.807) is 0 Å². The lowest BCUT2D eigenvalue weighted by atomic mass is 10.0. The van der Waals surface area contributed by atoms with Gasteiger partial charge in [-0.25, -0.2) is 0 Å². The number of esters is 3. The van der Waals surface area contributed by atoms with Crippen LogP contribution in [-0.4, -0.2) is 81.3 Å². The SMILES string of the molecule is CC(=O)O[C@@H]1[C@@H](OC(C)=O)[C@@H](OCCN(C)C)OC[C@H]1OC(C)=O. The number of carbonyl (C=O) groups is 3. The minimum Gasteiger partial charge on any atom is -0.456 e. The van der Waals surface area contributed by atoms with Crippen LogP contribution in [-0.2, 0) is 38.1 Å². The number of ether oxygens (including phenoxy) is 5. The summed E-state index contributed by atoms with van der Waals surface area (Å²) in [4.78, 5) is 36.0. The second-order valence-corrected chi connectivity index (χ2v) is 5.67. The topological polar surface area (TPSA) is 101 Å². The highest BCUT2D eigenvalue weighted by molar-refractivity contribution is 5.68. The molecule has 138 valence electrons. The minimum absolute atomic E-state index is 0.0398. The Morgan fingerprint density at radius 3 is 2.00 bits per heavy atom. The van der Waals surface area contributed by atoms with Crippen LogP contribution in [0.25, 0.3) is 0 Å². The van der Waals surface area contributed by atoms with Crippen LogP contribution in [0.2, 0.25) is 0 Å². The van der Waals surface area contributed by atoms with Gasteiger partial charge in [-0.15, -0.1) is 0 Å². The Bertz CT molecular complexity index is 453. The standard InChI is InChI=1S/C15H25NO8/c1-9(17)22-12-8-21-15(20-7-6-16(4)5)14(24-11(3)19)13(12)23-10(2)18/h12-15H,6-8H2,1-5H3/t12-,13+,14-,15+/m1/s1. The van der Waals surface area contributed by atoms with Crippen molar-refractivity contribution in [2.45, 2.75) is 45.4 Å². The smallest absolute Gasteiger partial charge is 0.303 e. The number of carbonyl (C=O) groups excluding carboxylic acids is 3. The monoisotopic (exact) mass is 347 g/mol. The van der Waals surface area contributed by atoms with Gasteiger partial charge < -0.3 is 28.6 Å². The Balaban J connectivity index is 2.90.